The molecule has 0 bridgehead atoms. The Hall–Kier alpha value is -1.32. The lowest BCUT2D eigenvalue weighted by molar-refractivity contribution is -0.142. The molecule has 1 atom stereocenters. The van der Waals surface area contributed by atoms with Crippen LogP contribution in [0.4, 0.5) is 0 Å². The molecule has 0 aromatic carbocycles. The SMILES string of the molecule is C/C(=C/C(=O)NCC(CC(C)C)C(=O)O)C1CC1. The van der Waals surface area contributed by atoms with Crippen molar-refractivity contribution >= 4 is 11.9 Å². The second-order valence-electron chi connectivity index (χ2n) is 5.57. The van der Waals surface area contributed by atoms with Gasteiger partial charge >= 0.3 is 5.97 Å². The fraction of sp³-hybridized carbons (Fsp3) is 0.714. The standard InChI is InChI=1S/C14H23NO3/c1-9(2)6-12(14(17)18)8-15-13(16)7-10(3)11-4-5-11/h7,9,11-12H,4-6,8H2,1-3H3,(H,15,16)(H,17,18)/b10-7-. The van der Waals surface area contributed by atoms with Gasteiger partial charge in [-0.05, 0) is 38.0 Å². The van der Waals surface area contributed by atoms with E-state index in [4.69, 9.17) is 5.11 Å². The number of hydrogen-bond donors (Lipinski definition) is 2. The molecule has 0 spiro atoms. The average molecular weight is 253 g/mol. The van der Waals surface area contributed by atoms with Crippen molar-refractivity contribution in [1.29, 1.82) is 0 Å². The van der Waals surface area contributed by atoms with E-state index in [1.165, 1.54) is 12.8 Å². The van der Waals surface area contributed by atoms with E-state index in [2.05, 4.69) is 5.32 Å². The summed E-state index contributed by atoms with van der Waals surface area (Å²) in [5, 5.41) is 11.7. The van der Waals surface area contributed by atoms with E-state index >= 15 is 0 Å². The van der Waals surface area contributed by atoms with Crippen molar-refractivity contribution in [1.82, 2.24) is 5.32 Å². The number of nitrogens with one attached hydrogen (secondary N) is 1. The third-order valence-corrected chi connectivity index (χ3v) is 3.21. The van der Waals surface area contributed by atoms with Crippen LogP contribution in [0, 0.1) is 17.8 Å². The monoisotopic (exact) mass is 253 g/mol. The Kier molecular flexibility index (Phi) is 5.38. The first-order valence-corrected chi connectivity index (χ1v) is 6.59. The van der Waals surface area contributed by atoms with Crippen LogP contribution in [0.1, 0.15) is 40.0 Å². The smallest absolute Gasteiger partial charge is 0.308 e. The number of amides is 1. The summed E-state index contributed by atoms with van der Waals surface area (Å²) in [7, 11) is 0. The predicted octanol–water partition coefficient (Wildman–Crippen LogP) is 2.21. The van der Waals surface area contributed by atoms with Gasteiger partial charge in [0, 0.05) is 12.6 Å². The zero-order valence-electron chi connectivity index (χ0n) is 11.4. The van der Waals surface area contributed by atoms with Gasteiger partial charge in [-0.3, -0.25) is 9.59 Å². The van der Waals surface area contributed by atoms with E-state index in [0.717, 1.165) is 5.57 Å². The molecular weight excluding hydrogens is 230 g/mol. The number of rotatable bonds is 7. The summed E-state index contributed by atoms with van der Waals surface area (Å²) in [6.07, 6.45) is 4.52. The molecular formula is C14H23NO3. The maximum absolute atomic E-state index is 11.6. The lowest BCUT2D eigenvalue weighted by Gasteiger charge is -2.14. The quantitative estimate of drug-likeness (QED) is 0.684. The molecule has 1 rings (SSSR count). The Morgan fingerprint density at radius 2 is 2.00 bits per heavy atom. The molecule has 102 valence electrons. The number of carbonyl (C=O) groups excluding carboxylic acids is 1. The molecule has 4 heteroatoms. The van der Waals surface area contributed by atoms with Crippen LogP contribution in [-0.2, 0) is 9.59 Å². The van der Waals surface area contributed by atoms with Gasteiger partial charge in [0.2, 0.25) is 5.91 Å². The molecule has 1 aliphatic rings. The Morgan fingerprint density at radius 1 is 1.39 bits per heavy atom. The van der Waals surface area contributed by atoms with Gasteiger partial charge in [-0.2, -0.15) is 0 Å². The third kappa shape index (κ3) is 5.34. The molecule has 0 saturated heterocycles. The van der Waals surface area contributed by atoms with E-state index in [1.54, 1.807) is 6.08 Å². The molecule has 1 unspecified atom stereocenters. The van der Waals surface area contributed by atoms with Crippen LogP contribution in [0.25, 0.3) is 0 Å². The van der Waals surface area contributed by atoms with Crippen molar-refractivity contribution in [2.75, 3.05) is 6.54 Å². The molecule has 0 aliphatic heterocycles. The van der Waals surface area contributed by atoms with Gasteiger partial charge in [0.05, 0.1) is 5.92 Å². The fourth-order valence-corrected chi connectivity index (χ4v) is 1.98. The molecule has 0 aromatic heterocycles. The highest BCUT2D eigenvalue weighted by Crippen LogP contribution is 2.35. The van der Waals surface area contributed by atoms with Gasteiger partial charge in [0.15, 0.2) is 0 Å². The van der Waals surface area contributed by atoms with Crippen molar-refractivity contribution in [3.63, 3.8) is 0 Å². The highest BCUT2D eigenvalue weighted by Gasteiger charge is 2.24. The van der Waals surface area contributed by atoms with E-state index in [9.17, 15) is 9.59 Å². The van der Waals surface area contributed by atoms with Crippen LogP contribution in [0.5, 0.6) is 0 Å². The highest BCUT2D eigenvalue weighted by atomic mass is 16.4. The lowest BCUT2D eigenvalue weighted by Crippen LogP contribution is -2.32. The number of carbonyl (C=O) groups is 2. The first-order chi connectivity index (χ1) is 8.40. The highest BCUT2D eigenvalue weighted by molar-refractivity contribution is 5.88. The minimum Gasteiger partial charge on any atom is -0.481 e. The molecule has 0 heterocycles. The van der Waals surface area contributed by atoms with Crippen LogP contribution < -0.4 is 5.32 Å². The molecule has 0 aromatic rings. The Bertz CT molecular complexity index is 343. The molecule has 0 radical (unpaired) electrons. The third-order valence-electron chi connectivity index (χ3n) is 3.21. The first kappa shape index (κ1) is 14.7. The topological polar surface area (TPSA) is 66.4 Å². The van der Waals surface area contributed by atoms with Crippen molar-refractivity contribution in [3.05, 3.63) is 11.6 Å². The van der Waals surface area contributed by atoms with Crippen LogP contribution in [0.3, 0.4) is 0 Å². The normalized spacial score (nSPS) is 17.7. The van der Waals surface area contributed by atoms with E-state index in [0.29, 0.717) is 18.3 Å². The van der Waals surface area contributed by atoms with Crippen LogP contribution in [0.2, 0.25) is 0 Å². The van der Waals surface area contributed by atoms with E-state index in [-0.39, 0.29) is 12.5 Å². The largest absolute Gasteiger partial charge is 0.481 e. The number of carboxylic acids is 1. The van der Waals surface area contributed by atoms with Crippen LogP contribution in [0.15, 0.2) is 11.6 Å². The maximum Gasteiger partial charge on any atom is 0.308 e. The predicted molar refractivity (Wildman–Crippen MR) is 70.1 cm³/mol. The van der Waals surface area contributed by atoms with Gasteiger partial charge < -0.3 is 10.4 Å². The second-order valence-corrected chi connectivity index (χ2v) is 5.57. The van der Waals surface area contributed by atoms with Gasteiger partial charge in [0.25, 0.3) is 0 Å². The van der Waals surface area contributed by atoms with Crippen LogP contribution in [-0.4, -0.2) is 23.5 Å². The van der Waals surface area contributed by atoms with E-state index < -0.39 is 11.9 Å². The zero-order chi connectivity index (χ0) is 13.7. The molecule has 1 fully saturated rings. The first-order valence-electron chi connectivity index (χ1n) is 6.59. The summed E-state index contributed by atoms with van der Waals surface area (Å²) in [5.74, 6) is -0.627. The zero-order valence-corrected chi connectivity index (χ0v) is 11.4. The van der Waals surface area contributed by atoms with Crippen molar-refractivity contribution < 1.29 is 14.7 Å². The Labute approximate surface area is 108 Å². The summed E-state index contributed by atoms with van der Waals surface area (Å²) in [5.41, 5.74) is 1.10. The Morgan fingerprint density at radius 3 is 2.44 bits per heavy atom. The molecule has 2 N–H and O–H groups in total. The minimum atomic E-state index is -0.841. The number of allylic oxidation sites excluding steroid dienone is 1. The average Bonchev–Trinajstić information content (AvgIpc) is 3.06. The summed E-state index contributed by atoms with van der Waals surface area (Å²) in [4.78, 5) is 22.6. The number of aliphatic carboxylic acids is 1. The summed E-state index contributed by atoms with van der Waals surface area (Å²) >= 11 is 0. The summed E-state index contributed by atoms with van der Waals surface area (Å²) in [6.45, 7) is 6.13. The van der Waals surface area contributed by atoms with Gasteiger partial charge in [-0.1, -0.05) is 19.4 Å². The number of carboxylic acid groups (broad SMARTS) is 1. The van der Waals surface area contributed by atoms with Gasteiger partial charge in [-0.15, -0.1) is 0 Å². The number of hydrogen-bond acceptors (Lipinski definition) is 2. The molecule has 1 amide bonds. The van der Waals surface area contributed by atoms with E-state index in [1.807, 2.05) is 20.8 Å². The molecule has 1 saturated carbocycles. The van der Waals surface area contributed by atoms with Crippen molar-refractivity contribution in [3.8, 4) is 0 Å². The molecule has 1 aliphatic carbocycles. The van der Waals surface area contributed by atoms with Crippen LogP contribution >= 0.6 is 0 Å². The summed E-state index contributed by atoms with van der Waals surface area (Å²) in [6, 6.07) is 0. The van der Waals surface area contributed by atoms with Crippen molar-refractivity contribution in [2.24, 2.45) is 17.8 Å². The maximum atomic E-state index is 11.6. The Balaban J connectivity index is 2.39. The second kappa shape index (κ2) is 6.57. The van der Waals surface area contributed by atoms with Gasteiger partial charge in [0.1, 0.15) is 0 Å². The summed E-state index contributed by atoms with van der Waals surface area (Å²) < 4.78 is 0. The molecule has 18 heavy (non-hydrogen) atoms. The minimum absolute atomic E-state index is 0.172. The van der Waals surface area contributed by atoms with Crippen molar-refractivity contribution in [2.45, 2.75) is 40.0 Å². The fourth-order valence-electron chi connectivity index (χ4n) is 1.98. The molecule has 4 nitrogen and oxygen atoms in total. The van der Waals surface area contributed by atoms with Gasteiger partial charge in [-0.25, -0.2) is 0 Å². The lowest BCUT2D eigenvalue weighted by atomic mass is 9.97.